The lowest BCUT2D eigenvalue weighted by Crippen LogP contribution is -2.43. The number of hydrogen-bond acceptors (Lipinski definition) is 6. The maximum atomic E-state index is 12.3. The number of nitrogens with one attached hydrogen (secondary N) is 1. The summed E-state index contributed by atoms with van der Waals surface area (Å²) in [6.07, 6.45) is 0.892. The molecule has 7 nitrogen and oxygen atoms in total. The first-order chi connectivity index (χ1) is 12.3. The molecule has 0 spiro atoms. The summed E-state index contributed by atoms with van der Waals surface area (Å²) in [6.45, 7) is 0.691. The first-order valence-corrected chi connectivity index (χ1v) is 10.9. The molecule has 2 aromatic rings. The van der Waals surface area contributed by atoms with Crippen molar-refractivity contribution in [3.8, 4) is 0 Å². The van der Waals surface area contributed by atoms with Gasteiger partial charge in [-0.15, -0.1) is 11.3 Å². The van der Waals surface area contributed by atoms with Crippen LogP contribution in [0.3, 0.4) is 0 Å². The molecular weight excluding hydrogens is 374 g/mol. The molecule has 1 aliphatic heterocycles. The third kappa shape index (κ3) is 4.59. The second kappa shape index (κ2) is 7.99. The fourth-order valence-corrected chi connectivity index (χ4v) is 5.00. The zero-order valence-electron chi connectivity index (χ0n) is 14.8. The second-order valence-corrected chi connectivity index (χ2v) is 9.95. The van der Waals surface area contributed by atoms with Crippen molar-refractivity contribution in [2.75, 3.05) is 33.1 Å². The summed E-state index contributed by atoms with van der Waals surface area (Å²) < 4.78 is 31.8. The van der Waals surface area contributed by atoms with Crippen LogP contribution in [-0.2, 0) is 26.0 Å². The molecular formula is C17H23N3O4S2. The van der Waals surface area contributed by atoms with Crippen LogP contribution in [-0.4, -0.2) is 62.7 Å². The molecule has 2 heterocycles. The minimum Gasteiger partial charge on any atom is -0.379 e. The van der Waals surface area contributed by atoms with Gasteiger partial charge in [0.15, 0.2) is 0 Å². The van der Waals surface area contributed by atoms with Crippen LogP contribution in [0.1, 0.15) is 11.4 Å². The SMILES string of the molecule is CN(C)S(=O)(=O)C[C@@H]1COC[C@@H]1NC(=O)CCc1nc2ccccc2s1. The Hall–Kier alpha value is -1.55. The largest absolute Gasteiger partial charge is 0.379 e. The maximum absolute atomic E-state index is 12.3. The molecule has 0 aliphatic carbocycles. The third-order valence-corrected chi connectivity index (χ3v) is 7.49. The van der Waals surface area contributed by atoms with E-state index in [1.165, 1.54) is 18.4 Å². The number of ether oxygens (including phenoxy) is 1. The molecule has 142 valence electrons. The molecule has 0 saturated carbocycles. The monoisotopic (exact) mass is 397 g/mol. The predicted molar refractivity (Wildman–Crippen MR) is 102 cm³/mol. The quantitative estimate of drug-likeness (QED) is 0.760. The van der Waals surface area contributed by atoms with E-state index in [9.17, 15) is 13.2 Å². The molecule has 0 radical (unpaired) electrons. The van der Waals surface area contributed by atoms with Crippen LogP contribution >= 0.6 is 11.3 Å². The second-order valence-electron chi connectivity index (χ2n) is 6.61. The summed E-state index contributed by atoms with van der Waals surface area (Å²) in [7, 11) is -0.305. The smallest absolute Gasteiger partial charge is 0.220 e. The third-order valence-electron chi connectivity index (χ3n) is 4.43. The Morgan fingerprint density at radius 1 is 1.35 bits per heavy atom. The van der Waals surface area contributed by atoms with Gasteiger partial charge in [-0.05, 0) is 12.1 Å². The number of sulfonamides is 1. The van der Waals surface area contributed by atoms with Gasteiger partial charge < -0.3 is 10.1 Å². The van der Waals surface area contributed by atoms with Crippen molar-refractivity contribution in [3.63, 3.8) is 0 Å². The number of amides is 1. The highest BCUT2D eigenvalue weighted by Gasteiger charge is 2.34. The number of nitrogens with zero attached hydrogens (tertiary/aromatic N) is 2. The Morgan fingerprint density at radius 2 is 2.12 bits per heavy atom. The van der Waals surface area contributed by atoms with Crippen molar-refractivity contribution in [2.24, 2.45) is 5.92 Å². The van der Waals surface area contributed by atoms with E-state index in [-0.39, 0.29) is 23.6 Å². The number of benzene rings is 1. The van der Waals surface area contributed by atoms with Crippen molar-refractivity contribution in [3.05, 3.63) is 29.3 Å². The van der Waals surface area contributed by atoms with E-state index in [1.807, 2.05) is 24.3 Å². The minimum atomic E-state index is -3.33. The van der Waals surface area contributed by atoms with E-state index < -0.39 is 10.0 Å². The summed E-state index contributed by atoms with van der Waals surface area (Å²) >= 11 is 1.59. The van der Waals surface area contributed by atoms with E-state index in [4.69, 9.17) is 4.74 Å². The Kier molecular flexibility index (Phi) is 5.91. The molecule has 26 heavy (non-hydrogen) atoms. The number of thiazole rings is 1. The molecule has 1 saturated heterocycles. The number of aryl methyl sites for hydroxylation is 1. The van der Waals surface area contributed by atoms with Gasteiger partial charge in [0, 0.05) is 32.9 Å². The highest BCUT2D eigenvalue weighted by Crippen LogP contribution is 2.22. The molecule has 1 amide bonds. The summed E-state index contributed by atoms with van der Waals surface area (Å²) in [5.41, 5.74) is 0.950. The van der Waals surface area contributed by atoms with Crippen LogP contribution in [0.4, 0.5) is 0 Å². The first kappa shape index (κ1) is 19.2. The highest BCUT2D eigenvalue weighted by atomic mass is 32.2. The van der Waals surface area contributed by atoms with E-state index in [0.29, 0.717) is 26.1 Å². The standard InChI is InChI=1S/C17H23N3O4S2/c1-20(2)26(22,23)11-12-9-24-10-14(12)18-16(21)7-8-17-19-13-5-3-4-6-15(13)25-17/h3-6,12,14H,7-11H2,1-2H3,(H,18,21)/t12-,14-/m0/s1. The van der Waals surface area contributed by atoms with Crippen LogP contribution in [0.5, 0.6) is 0 Å². The fourth-order valence-electron chi connectivity index (χ4n) is 2.87. The number of hydrogen-bond donors (Lipinski definition) is 1. The number of carbonyl (C=O) groups excluding carboxylic acids is 1. The number of para-hydroxylation sites is 1. The van der Waals surface area contributed by atoms with E-state index in [0.717, 1.165) is 15.2 Å². The summed E-state index contributed by atoms with van der Waals surface area (Å²) in [4.78, 5) is 16.8. The highest BCUT2D eigenvalue weighted by molar-refractivity contribution is 7.89. The van der Waals surface area contributed by atoms with Gasteiger partial charge in [-0.25, -0.2) is 17.7 Å². The average molecular weight is 398 g/mol. The zero-order valence-corrected chi connectivity index (χ0v) is 16.5. The molecule has 1 aromatic carbocycles. The van der Waals surface area contributed by atoms with Gasteiger partial charge in [0.2, 0.25) is 15.9 Å². The normalized spacial score (nSPS) is 20.7. The maximum Gasteiger partial charge on any atom is 0.220 e. The van der Waals surface area contributed by atoms with Crippen LogP contribution in [0.15, 0.2) is 24.3 Å². The van der Waals surface area contributed by atoms with Crippen LogP contribution in [0, 0.1) is 5.92 Å². The Labute approximate surface area is 157 Å². The number of rotatable bonds is 7. The molecule has 1 aromatic heterocycles. The van der Waals surface area contributed by atoms with Gasteiger partial charge in [-0.3, -0.25) is 4.79 Å². The molecule has 0 bridgehead atoms. The minimum absolute atomic E-state index is 0.0250. The van der Waals surface area contributed by atoms with Gasteiger partial charge in [0.1, 0.15) is 0 Å². The van der Waals surface area contributed by atoms with Crippen molar-refractivity contribution in [1.82, 2.24) is 14.6 Å². The molecule has 9 heteroatoms. The fraction of sp³-hybridized carbons (Fsp3) is 0.529. The predicted octanol–water partition coefficient (Wildman–Crippen LogP) is 1.25. The van der Waals surface area contributed by atoms with Crippen molar-refractivity contribution in [2.45, 2.75) is 18.9 Å². The number of aromatic nitrogens is 1. The number of fused-ring (bicyclic) bond motifs is 1. The Morgan fingerprint density at radius 3 is 2.85 bits per heavy atom. The first-order valence-electron chi connectivity index (χ1n) is 8.47. The topological polar surface area (TPSA) is 88.6 Å². The summed E-state index contributed by atoms with van der Waals surface area (Å²) in [5, 5.41) is 3.85. The Bertz CT molecular complexity index is 846. The average Bonchev–Trinajstić information content (AvgIpc) is 3.19. The van der Waals surface area contributed by atoms with Crippen molar-refractivity contribution < 1.29 is 17.9 Å². The lowest BCUT2D eigenvalue weighted by Gasteiger charge is -2.21. The lowest BCUT2D eigenvalue weighted by molar-refractivity contribution is -0.121. The number of carbonyl (C=O) groups is 1. The van der Waals surface area contributed by atoms with E-state index >= 15 is 0 Å². The Balaban J connectivity index is 1.53. The zero-order chi connectivity index (χ0) is 18.7. The summed E-state index contributed by atoms with van der Waals surface area (Å²) in [6, 6.07) is 7.62. The van der Waals surface area contributed by atoms with Gasteiger partial charge in [-0.1, -0.05) is 12.1 Å². The molecule has 0 unspecified atom stereocenters. The van der Waals surface area contributed by atoms with E-state index in [2.05, 4.69) is 10.3 Å². The van der Waals surface area contributed by atoms with Crippen LogP contribution in [0.2, 0.25) is 0 Å². The van der Waals surface area contributed by atoms with Gasteiger partial charge in [-0.2, -0.15) is 0 Å². The van der Waals surface area contributed by atoms with Crippen LogP contribution < -0.4 is 5.32 Å². The molecule has 3 rings (SSSR count). The lowest BCUT2D eigenvalue weighted by atomic mass is 10.1. The van der Waals surface area contributed by atoms with Gasteiger partial charge in [0.05, 0.1) is 40.2 Å². The molecule has 1 fully saturated rings. The van der Waals surface area contributed by atoms with E-state index in [1.54, 1.807) is 11.3 Å². The van der Waals surface area contributed by atoms with Gasteiger partial charge in [0.25, 0.3) is 0 Å². The van der Waals surface area contributed by atoms with Crippen molar-refractivity contribution in [1.29, 1.82) is 0 Å². The van der Waals surface area contributed by atoms with Crippen LogP contribution in [0.25, 0.3) is 10.2 Å². The van der Waals surface area contributed by atoms with Gasteiger partial charge >= 0.3 is 0 Å². The molecule has 1 aliphatic rings. The van der Waals surface area contributed by atoms with Crippen molar-refractivity contribution >= 4 is 37.5 Å². The summed E-state index contributed by atoms with van der Waals surface area (Å²) in [5.74, 6) is -0.358. The molecule has 1 N–H and O–H groups in total. The molecule has 2 atom stereocenters.